The number of hydrogen-bond donors (Lipinski definition) is 0. The standard InChI is InChI=1S/C16H18BF3N2O2/c1-14(2)15(3,4)24-17(23-14)13-6-5-11(22-8-7-21-10-22)9-12(13)16(18,19)20/h5-10H,1-4H3. The van der Waals surface area contributed by atoms with Crippen molar-refractivity contribution in [2.75, 3.05) is 0 Å². The van der Waals surface area contributed by atoms with Crippen LogP contribution in [-0.4, -0.2) is 27.9 Å². The summed E-state index contributed by atoms with van der Waals surface area (Å²) in [6, 6.07) is 4.08. The molecule has 0 bridgehead atoms. The number of nitrogens with zero attached hydrogens (tertiary/aromatic N) is 2. The van der Waals surface area contributed by atoms with Gasteiger partial charge in [-0.2, -0.15) is 13.2 Å². The van der Waals surface area contributed by atoms with Crippen molar-refractivity contribution < 1.29 is 22.5 Å². The van der Waals surface area contributed by atoms with Crippen LogP contribution >= 0.6 is 0 Å². The maximum atomic E-state index is 13.6. The summed E-state index contributed by atoms with van der Waals surface area (Å²) < 4.78 is 53.8. The molecule has 1 saturated heterocycles. The van der Waals surface area contributed by atoms with Crippen LogP contribution in [0.1, 0.15) is 33.3 Å². The maximum absolute atomic E-state index is 13.6. The number of imidazole rings is 1. The third-order valence-corrected chi connectivity index (χ3v) is 4.65. The molecule has 0 spiro atoms. The van der Waals surface area contributed by atoms with Gasteiger partial charge in [0.2, 0.25) is 0 Å². The van der Waals surface area contributed by atoms with Crippen LogP contribution in [0.25, 0.3) is 5.69 Å². The Morgan fingerprint density at radius 1 is 1.08 bits per heavy atom. The van der Waals surface area contributed by atoms with Gasteiger partial charge in [0.25, 0.3) is 0 Å². The Bertz CT molecular complexity index is 726. The van der Waals surface area contributed by atoms with Crippen LogP contribution in [0.15, 0.2) is 36.9 Å². The Morgan fingerprint density at radius 2 is 1.71 bits per heavy atom. The van der Waals surface area contributed by atoms with E-state index in [4.69, 9.17) is 9.31 Å². The zero-order valence-electron chi connectivity index (χ0n) is 13.9. The van der Waals surface area contributed by atoms with E-state index in [9.17, 15) is 13.2 Å². The second-order valence-electron chi connectivity index (χ2n) is 6.83. The van der Waals surface area contributed by atoms with Gasteiger partial charge in [0, 0.05) is 18.1 Å². The minimum Gasteiger partial charge on any atom is -0.399 e. The maximum Gasteiger partial charge on any atom is 0.495 e. The van der Waals surface area contributed by atoms with Crippen LogP contribution in [0, 0.1) is 0 Å². The van der Waals surface area contributed by atoms with E-state index in [0.717, 1.165) is 6.07 Å². The van der Waals surface area contributed by atoms with E-state index in [-0.39, 0.29) is 5.46 Å². The molecule has 3 rings (SSSR count). The number of benzene rings is 1. The molecule has 2 aromatic rings. The molecule has 0 atom stereocenters. The van der Waals surface area contributed by atoms with Gasteiger partial charge >= 0.3 is 13.3 Å². The molecule has 0 aliphatic carbocycles. The highest BCUT2D eigenvalue weighted by Gasteiger charge is 2.53. The van der Waals surface area contributed by atoms with E-state index in [1.165, 1.54) is 23.2 Å². The molecule has 128 valence electrons. The van der Waals surface area contributed by atoms with Crippen LogP contribution in [0.4, 0.5) is 13.2 Å². The second kappa shape index (κ2) is 5.36. The fourth-order valence-corrected chi connectivity index (χ4v) is 2.54. The largest absolute Gasteiger partial charge is 0.495 e. The van der Waals surface area contributed by atoms with Crippen LogP contribution in [0.2, 0.25) is 0 Å². The van der Waals surface area contributed by atoms with Crippen LogP contribution in [0.3, 0.4) is 0 Å². The molecule has 1 fully saturated rings. The molecule has 24 heavy (non-hydrogen) atoms. The smallest absolute Gasteiger partial charge is 0.399 e. The molecule has 8 heteroatoms. The van der Waals surface area contributed by atoms with E-state index >= 15 is 0 Å². The van der Waals surface area contributed by atoms with Gasteiger partial charge in [-0.25, -0.2) is 4.98 Å². The first-order valence-corrected chi connectivity index (χ1v) is 7.56. The lowest BCUT2D eigenvalue weighted by Crippen LogP contribution is -2.41. The molecular formula is C16H18BF3N2O2. The summed E-state index contributed by atoms with van der Waals surface area (Å²) in [7, 11) is -1.07. The van der Waals surface area contributed by atoms with Crippen molar-refractivity contribution in [1.82, 2.24) is 9.55 Å². The summed E-state index contributed by atoms with van der Waals surface area (Å²) in [5.74, 6) is 0. The summed E-state index contributed by atoms with van der Waals surface area (Å²) >= 11 is 0. The van der Waals surface area contributed by atoms with Crippen LogP contribution < -0.4 is 5.46 Å². The average molecular weight is 338 g/mol. The Labute approximate surface area is 138 Å². The van der Waals surface area contributed by atoms with Gasteiger partial charge in [-0.3, -0.25) is 0 Å². The zero-order valence-corrected chi connectivity index (χ0v) is 13.9. The Kier molecular flexibility index (Phi) is 3.80. The highest BCUT2D eigenvalue weighted by molar-refractivity contribution is 6.62. The number of hydrogen-bond acceptors (Lipinski definition) is 3. The summed E-state index contributed by atoms with van der Waals surface area (Å²) in [5.41, 5.74) is -1.83. The van der Waals surface area contributed by atoms with E-state index in [0.29, 0.717) is 5.69 Å². The van der Waals surface area contributed by atoms with Gasteiger partial charge in [0.05, 0.1) is 23.1 Å². The lowest BCUT2D eigenvalue weighted by Gasteiger charge is -2.32. The van der Waals surface area contributed by atoms with E-state index in [1.807, 2.05) is 0 Å². The molecule has 4 nitrogen and oxygen atoms in total. The quantitative estimate of drug-likeness (QED) is 0.789. The summed E-state index contributed by atoms with van der Waals surface area (Å²) in [4.78, 5) is 3.86. The highest BCUT2D eigenvalue weighted by Crippen LogP contribution is 2.38. The summed E-state index contributed by atoms with van der Waals surface area (Å²) in [6.07, 6.45) is 0.0266. The first kappa shape index (κ1) is 17.0. The molecule has 1 aliphatic rings. The molecule has 0 amide bonds. The SMILES string of the molecule is CC1(C)OB(c2ccc(-n3ccnc3)cc2C(F)(F)F)OC1(C)C. The van der Waals surface area contributed by atoms with Gasteiger partial charge in [0.15, 0.2) is 0 Å². The van der Waals surface area contributed by atoms with Crippen molar-refractivity contribution >= 4 is 12.6 Å². The number of aromatic nitrogens is 2. The Balaban J connectivity index is 2.06. The van der Waals surface area contributed by atoms with Crippen molar-refractivity contribution in [2.45, 2.75) is 45.1 Å². The van der Waals surface area contributed by atoms with E-state index < -0.39 is 30.1 Å². The van der Waals surface area contributed by atoms with Crippen LogP contribution in [0.5, 0.6) is 0 Å². The predicted molar refractivity (Wildman–Crippen MR) is 84.3 cm³/mol. The molecular weight excluding hydrogens is 320 g/mol. The molecule has 1 aromatic carbocycles. The average Bonchev–Trinajstić information content (AvgIpc) is 3.04. The molecule has 0 radical (unpaired) electrons. The molecule has 1 aliphatic heterocycles. The van der Waals surface area contributed by atoms with Crippen molar-refractivity contribution in [1.29, 1.82) is 0 Å². The van der Waals surface area contributed by atoms with Gasteiger partial charge in [-0.1, -0.05) is 6.07 Å². The topological polar surface area (TPSA) is 36.3 Å². The molecule has 0 saturated carbocycles. The third kappa shape index (κ3) is 2.84. The van der Waals surface area contributed by atoms with Gasteiger partial charge in [-0.05, 0) is 45.3 Å². The fourth-order valence-electron chi connectivity index (χ4n) is 2.54. The normalized spacial score (nSPS) is 19.7. The first-order valence-electron chi connectivity index (χ1n) is 7.56. The third-order valence-electron chi connectivity index (χ3n) is 4.65. The van der Waals surface area contributed by atoms with Crippen LogP contribution in [-0.2, 0) is 15.5 Å². The Hall–Kier alpha value is -1.80. The van der Waals surface area contributed by atoms with Gasteiger partial charge in [-0.15, -0.1) is 0 Å². The van der Waals surface area contributed by atoms with Crippen molar-refractivity contribution in [2.24, 2.45) is 0 Å². The van der Waals surface area contributed by atoms with Crippen molar-refractivity contribution in [3.63, 3.8) is 0 Å². The number of halogens is 3. The predicted octanol–water partition coefficient (Wildman–Crippen LogP) is 3.19. The molecule has 0 unspecified atom stereocenters. The lowest BCUT2D eigenvalue weighted by atomic mass is 9.75. The van der Waals surface area contributed by atoms with E-state index in [2.05, 4.69) is 4.98 Å². The minimum absolute atomic E-state index is 0.0231. The monoisotopic (exact) mass is 338 g/mol. The van der Waals surface area contributed by atoms with Gasteiger partial charge in [0.1, 0.15) is 0 Å². The fraction of sp³-hybridized carbons (Fsp3) is 0.438. The summed E-state index contributed by atoms with van der Waals surface area (Å²) in [5, 5.41) is 0. The number of alkyl halides is 3. The second-order valence-corrected chi connectivity index (χ2v) is 6.83. The Morgan fingerprint density at radius 3 is 2.21 bits per heavy atom. The first-order chi connectivity index (χ1) is 11.0. The van der Waals surface area contributed by atoms with Crippen molar-refractivity contribution in [3.05, 3.63) is 42.5 Å². The summed E-state index contributed by atoms with van der Waals surface area (Å²) in [6.45, 7) is 7.22. The zero-order chi connectivity index (χ0) is 17.8. The van der Waals surface area contributed by atoms with Gasteiger partial charge < -0.3 is 13.9 Å². The molecule has 1 aromatic heterocycles. The highest BCUT2D eigenvalue weighted by atomic mass is 19.4. The molecule has 0 N–H and O–H groups in total. The van der Waals surface area contributed by atoms with E-state index in [1.54, 1.807) is 40.0 Å². The number of rotatable bonds is 2. The minimum atomic E-state index is -4.52. The molecule has 2 heterocycles. The van der Waals surface area contributed by atoms with Crippen molar-refractivity contribution in [3.8, 4) is 5.69 Å². The lowest BCUT2D eigenvalue weighted by molar-refractivity contribution is -0.136.